The molecule has 7 nitrogen and oxygen atoms in total. The number of hydrogen-bond acceptors (Lipinski definition) is 6. The molecular weight excluding hydrogens is 394 g/mol. The third kappa shape index (κ3) is 4.75. The van der Waals surface area contributed by atoms with Crippen LogP contribution >= 0.6 is 0 Å². The van der Waals surface area contributed by atoms with E-state index < -0.39 is 0 Å². The minimum absolute atomic E-state index is 0.132. The highest BCUT2D eigenvalue weighted by molar-refractivity contribution is 5.77. The number of ether oxygens (including phenoxy) is 3. The molecule has 1 fully saturated rings. The highest BCUT2D eigenvalue weighted by Gasteiger charge is 2.28. The molecule has 0 N–H and O–H groups in total. The number of rotatable bonds is 5. The van der Waals surface area contributed by atoms with E-state index >= 15 is 0 Å². The van der Waals surface area contributed by atoms with E-state index in [1.165, 1.54) is 18.4 Å². The minimum Gasteiger partial charge on any atom is -0.486 e. The van der Waals surface area contributed by atoms with E-state index in [1.54, 1.807) is 0 Å². The molecule has 1 aliphatic carbocycles. The average Bonchev–Trinajstić information content (AvgIpc) is 2.83. The van der Waals surface area contributed by atoms with Gasteiger partial charge >= 0.3 is 0 Å². The molecule has 0 spiro atoms. The fraction of sp³-hybridized carbons (Fsp3) is 0.542. The smallest absolute Gasteiger partial charge is 0.233 e. The van der Waals surface area contributed by atoms with Crippen LogP contribution in [0.3, 0.4) is 0 Å². The van der Waals surface area contributed by atoms with Crippen LogP contribution in [-0.4, -0.2) is 53.4 Å². The number of aryl methyl sites for hydroxylation is 2. The molecule has 1 unspecified atom stereocenters. The second-order valence-electron chi connectivity index (χ2n) is 8.70. The quantitative estimate of drug-likeness (QED) is 0.735. The first-order valence-electron chi connectivity index (χ1n) is 11.4. The van der Waals surface area contributed by atoms with Crippen LogP contribution in [0.1, 0.15) is 43.4 Å². The van der Waals surface area contributed by atoms with Crippen molar-refractivity contribution in [3.8, 4) is 17.4 Å². The van der Waals surface area contributed by atoms with E-state index in [4.69, 9.17) is 14.2 Å². The van der Waals surface area contributed by atoms with Crippen molar-refractivity contribution in [1.29, 1.82) is 0 Å². The van der Waals surface area contributed by atoms with Crippen LogP contribution in [0, 0.1) is 5.92 Å². The van der Waals surface area contributed by atoms with Gasteiger partial charge in [0.25, 0.3) is 0 Å². The van der Waals surface area contributed by atoms with Gasteiger partial charge in [0.05, 0.1) is 18.7 Å². The number of carbonyl (C=O) groups excluding carboxylic acids is 1. The Labute approximate surface area is 182 Å². The summed E-state index contributed by atoms with van der Waals surface area (Å²) in [5.74, 6) is 2.66. The van der Waals surface area contributed by atoms with Crippen molar-refractivity contribution in [2.45, 2.75) is 51.0 Å². The van der Waals surface area contributed by atoms with Gasteiger partial charge in [0, 0.05) is 19.2 Å². The standard InChI is InChI=1S/C24H29N3O4/c28-24(14-19-16-29-21-7-3-4-8-22(21)31-19)27-11-9-17(10-12-27)15-30-23-13-18-5-1-2-6-20(18)25-26-23/h3-4,7-8,13,17,19H,1-2,5-6,9-12,14-16H2. The molecule has 1 amide bonds. The van der Waals surface area contributed by atoms with Gasteiger partial charge in [0.1, 0.15) is 12.7 Å². The molecule has 3 heterocycles. The third-order valence-electron chi connectivity index (χ3n) is 6.45. The molecule has 164 valence electrons. The molecule has 1 atom stereocenters. The lowest BCUT2D eigenvalue weighted by Gasteiger charge is -2.33. The monoisotopic (exact) mass is 423 g/mol. The van der Waals surface area contributed by atoms with Crippen LogP contribution < -0.4 is 14.2 Å². The molecule has 3 aliphatic rings. The second-order valence-corrected chi connectivity index (χ2v) is 8.70. The van der Waals surface area contributed by atoms with Crippen molar-refractivity contribution in [1.82, 2.24) is 15.1 Å². The van der Waals surface area contributed by atoms with Crippen molar-refractivity contribution >= 4 is 5.91 Å². The van der Waals surface area contributed by atoms with Crippen molar-refractivity contribution in [3.63, 3.8) is 0 Å². The maximum Gasteiger partial charge on any atom is 0.233 e. The van der Waals surface area contributed by atoms with Crippen LogP contribution in [0.5, 0.6) is 17.4 Å². The molecule has 0 bridgehead atoms. The lowest BCUT2D eigenvalue weighted by Crippen LogP contribution is -2.43. The van der Waals surface area contributed by atoms with Gasteiger partial charge in [0.15, 0.2) is 11.5 Å². The van der Waals surface area contributed by atoms with E-state index in [0.717, 1.165) is 50.2 Å². The van der Waals surface area contributed by atoms with E-state index in [-0.39, 0.29) is 12.0 Å². The van der Waals surface area contributed by atoms with Crippen molar-refractivity contribution in [2.75, 3.05) is 26.3 Å². The van der Waals surface area contributed by atoms with Crippen LogP contribution in [0.25, 0.3) is 0 Å². The predicted molar refractivity (Wildman–Crippen MR) is 114 cm³/mol. The van der Waals surface area contributed by atoms with Gasteiger partial charge in [0.2, 0.25) is 11.8 Å². The predicted octanol–water partition coefficient (Wildman–Crippen LogP) is 3.20. The maximum absolute atomic E-state index is 12.7. The van der Waals surface area contributed by atoms with Gasteiger partial charge in [-0.05, 0) is 62.1 Å². The van der Waals surface area contributed by atoms with E-state index in [2.05, 4.69) is 16.3 Å². The van der Waals surface area contributed by atoms with Gasteiger partial charge < -0.3 is 19.1 Å². The van der Waals surface area contributed by atoms with Crippen molar-refractivity contribution in [3.05, 3.63) is 41.6 Å². The molecular formula is C24H29N3O4. The Balaban J connectivity index is 1.06. The Morgan fingerprint density at radius 3 is 2.77 bits per heavy atom. The number of fused-ring (bicyclic) bond motifs is 2. The molecule has 1 aromatic carbocycles. The normalized spacial score (nSPS) is 20.8. The number of aromatic nitrogens is 2. The Bertz CT molecular complexity index is 927. The summed E-state index contributed by atoms with van der Waals surface area (Å²) in [5.41, 5.74) is 2.41. The zero-order chi connectivity index (χ0) is 21.0. The lowest BCUT2D eigenvalue weighted by atomic mass is 9.96. The highest BCUT2D eigenvalue weighted by atomic mass is 16.6. The number of nitrogens with zero attached hydrogens (tertiary/aromatic N) is 3. The molecule has 1 aromatic heterocycles. The molecule has 0 radical (unpaired) electrons. The lowest BCUT2D eigenvalue weighted by molar-refractivity contribution is -0.135. The first-order valence-corrected chi connectivity index (χ1v) is 11.4. The number of para-hydroxylation sites is 2. The topological polar surface area (TPSA) is 73.8 Å². The average molecular weight is 424 g/mol. The van der Waals surface area contributed by atoms with Crippen LogP contribution in [0.15, 0.2) is 30.3 Å². The van der Waals surface area contributed by atoms with E-state index in [9.17, 15) is 4.79 Å². The number of piperidine rings is 1. The summed E-state index contributed by atoms with van der Waals surface area (Å²) in [7, 11) is 0. The van der Waals surface area contributed by atoms with Gasteiger partial charge in [-0.2, -0.15) is 5.10 Å². The Morgan fingerprint density at radius 1 is 1.10 bits per heavy atom. The Hall–Kier alpha value is -2.83. The molecule has 5 rings (SSSR count). The summed E-state index contributed by atoms with van der Waals surface area (Å²) in [5, 5.41) is 8.58. The Kier molecular flexibility index (Phi) is 5.91. The minimum atomic E-state index is -0.231. The largest absolute Gasteiger partial charge is 0.486 e. The zero-order valence-corrected chi connectivity index (χ0v) is 17.8. The first kappa shape index (κ1) is 20.1. The number of amides is 1. The fourth-order valence-corrected chi connectivity index (χ4v) is 4.58. The maximum atomic E-state index is 12.7. The summed E-state index contributed by atoms with van der Waals surface area (Å²) in [6.07, 6.45) is 6.51. The van der Waals surface area contributed by atoms with Crippen LogP contribution in [0.2, 0.25) is 0 Å². The highest BCUT2D eigenvalue weighted by Crippen LogP contribution is 2.32. The summed E-state index contributed by atoms with van der Waals surface area (Å²) in [6, 6.07) is 9.65. The molecule has 31 heavy (non-hydrogen) atoms. The molecule has 0 saturated carbocycles. The molecule has 2 aliphatic heterocycles. The van der Waals surface area contributed by atoms with Crippen LogP contribution in [-0.2, 0) is 17.6 Å². The SMILES string of the molecule is O=C(CC1COc2ccccc2O1)N1CCC(COc2cc3c(nn2)CCCC3)CC1. The number of likely N-dealkylation sites (tertiary alicyclic amines) is 1. The van der Waals surface area contributed by atoms with Gasteiger partial charge in [-0.1, -0.05) is 12.1 Å². The number of carbonyl (C=O) groups is 1. The second kappa shape index (κ2) is 9.12. The van der Waals surface area contributed by atoms with Crippen molar-refractivity contribution in [2.24, 2.45) is 5.92 Å². The number of benzene rings is 1. The first-order chi connectivity index (χ1) is 15.2. The Morgan fingerprint density at radius 2 is 1.90 bits per heavy atom. The zero-order valence-electron chi connectivity index (χ0n) is 17.8. The molecule has 7 heteroatoms. The molecule has 1 saturated heterocycles. The summed E-state index contributed by atoms with van der Waals surface area (Å²) in [6.45, 7) is 2.56. The van der Waals surface area contributed by atoms with Gasteiger partial charge in [-0.3, -0.25) is 4.79 Å². The molecule has 2 aromatic rings. The number of hydrogen-bond donors (Lipinski definition) is 0. The summed E-state index contributed by atoms with van der Waals surface area (Å²) in [4.78, 5) is 14.7. The summed E-state index contributed by atoms with van der Waals surface area (Å²) >= 11 is 0. The summed E-state index contributed by atoms with van der Waals surface area (Å²) < 4.78 is 17.6. The van der Waals surface area contributed by atoms with Crippen LogP contribution in [0.4, 0.5) is 0 Å². The third-order valence-corrected chi connectivity index (χ3v) is 6.45. The van der Waals surface area contributed by atoms with Crippen molar-refractivity contribution < 1.29 is 19.0 Å². The van der Waals surface area contributed by atoms with E-state index in [0.29, 0.717) is 37.2 Å². The fourth-order valence-electron chi connectivity index (χ4n) is 4.58. The van der Waals surface area contributed by atoms with Gasteiger partial charge in [-0.15, -0.1) is 5.10 Å². The van der Waals surface area contributed by atoms with Gasteiger partial charge in [-0.25, -0.2) is 0 Å². The van der Waals surface area contributed by atoms with E-state index in [1.807, 2.05) is 29.2 Å².